The Bertz CT molecular complexity index is 547. The molecule has 102 valence electrons. The van der Waals surface area contributed by atoms with Gasteiger partial charge in [0.15, 0.2) is 0 Å². The van der Waals surface area contributed by atoms with Gasteiger partial charge in [-0.3, -0.25) is 5.43 Å². The van der Waals surface area contributed by atoms with Gasteiger partial charge in [-0.2, -0.15) is 13.2 Å². The van der Waals surface area contributed by atoms with Crippen LogP contribution in [0.2, 0.25) is 5.02 Å². The third-order valence-corrected chi connectivity index (χ3v) is 3.01. The fourth-order valence-corrected chi connectivity index (χ4v) is 1.84. The maximum absolute atomic E-state index is 12.6. The molecule has 0 aliphatic heterocycles. The van der Waals surface area contributed by atoms with E-state index in [0.29, 0.717) is 0 Å². The number of nitrogens with one attached hydrogen (secondary N) is 2. The zero-order valence-electron chi connectivity index (χ0n) is 10.1. The summed E-state index contributed by atoms with van der Waals surface area (Å²) in [7, 11) is 0. The number of alkyl halides is 3. The van der Waals surface area contributed by atoms with Gasteiger partial charge in [0.2, 0.25) is 0 Å². The van der Waals surface area contributed by atoms with Crippen LogP contribution in [0.3, 0.4) is 0 Å². The van der Waals surface area contributed by atoms with E-state index in [1.165, 1.54) is 11.6 Å². The molecular weight excluding hydrogens is 277 g/mol. The maximum atomic E-state index is 12.6. The van der Waals surface area contributed by atoms with Crippen LogP contribution in [0.4, 0.5) is 18.9 Å². The predicted octanol–water partition coefficient (Wildman–Crippen LogP) is 4.51. The van der Waals surface area contributed by atoms with E-state index in [4.69, 9.17) is 11.6 Å². The highest BCUT2D eigenvalue weighted by molar-refractivity contribution is 6.33. The minimum Gasteiger partial charge on any atom is -0.301 e. The Balaban J connectivity index is 2.12. The molecule has 6 heteroatoms. The molecule has 0 spiro atoms. The zero-order valence-corrected chi connectivity index (χ0v) is 10.9. The van der Waals surface area contributed by atoms with Crippen LogP contribution >= 0.6 is 11.6 Å². The Morgan fingerprint density at radius 1 is 1.21 bits per heavy atom. The van der Waals surface area contributed by atoms with Crippen molar-refractivity contribution in [1.29, 1.82) is 0 Å². The molecule has 0 atom stereocenters. The maximum Gasteiger partial charge on any atom is 0.416 e. The van der Waals surface area contributed by atoms with Crippen molar-refractivity contribution in [2.24, 2.45) is 0 Å². The van der Waals surface area contributed by atoms with Gasteiger partial charge in [0.1, 0.15) is 0 Å². The number of halogens is 4. The summed E-state index contributed by atoms with van der Waals surface area (Å²) in [6.07, 6.45) is 0.294. The highest BCUT2D eigenvalue weighted by Crippen LogP contribution is 2.33. The van der Waals surface area contributed by atoms with Crippen molar-refractivity contribution in [3.63, 3.8) is 0 Å². The lowest BCUT2D eigenvalue weighted by Gasteiger charge is -2.13. The molecular formula is C13H12ClF3N2. The van der Waals surface area contributed by atoms with Crippen LogP contribution in [0, 0.1) is 0 Å². The van der Waals surface area contributed by atoms with Crippen LogP contribution in [0.15, 0.2) is 41.6 Å². The lowest BCUT2D eigenvalue weighted by Crippen LogP contribution is -2.20. The number of allylic oxidation sites excluding steroid dienone is 3. The second-order valence-corrected chi connectivity index (χ2v) is 4.70. The van der Waals surface area contributed by atoms with Gasteiger partial charge in [-0.25, -0.2) is 0 Å². The van der Waals surface area contributed by atoms with Crippen molar-refractivity contribution in [1.82, 2.24) is 5.43 Å². The number of hydrogen-bond donors (Lipinski definition) is 2. The molecule has 0 fully saturated rings. The van der Waals surface area contributed by atoms with Crippen LogP contribution in [-0.4, -0.2) is 0 Å². The van der Waals surface area contributed by atoms with Crippen molar-refractivity contribution in [3.05, 3.63) is 52.2 Å². The van der Waals surface area contributed by atoms with Crippen LogP contribution in [-0.2, 0) is 6.18 Å². The molecule has 2 nitrogen and oxygen atoms in total. The molecule has 2 rings (SSSR count). The van der Waals surface area contributed by atoms with Gasteiger partial charge in [0.25, 0.3) is 0 Å². The molecule has 2 N–H and O–H groups in total. The highest BCUT2D eigenvalue weighted by Gasteiger charge is 2.30. The largest absolute Gasteiger partial charge is 0.416 e. The lowest BCUT2D eigenvalue weighted by molar-refractivity contribution is -0.137. The third-order valence-electron chi connectivity index (χ3n) is 2.68. The second-order valence-electron chi connectivity index (χ2n) is 4.30. The van der Waals surface area contributed by atoms with Crippen LogP contribution in [0.5, 0.6) is 0 Å². The van der Waals surface area contributed by atoms with Crippen LogP contribution < -0.4 is 10.9 Å². The number of hydrazine groups is 1. The number of rotatable bonds is 3. The summed E-state index contributed by atoms with van der Waals surface area (Å²) in [5.74, 6) is 0. The zero-order chi connectivity index (χ0) is 14.0. The fourth-order valence-electron chi connectivity index (χ4n) is 1.68. The molecule has 0 amide bonds. The van der Waals surface area contributed by atoms with E-state index in [1.54, 1.807) is 0 Å². The van der Waals surface area contributed by atoms with Crippen LogP contribution in [0.25, 0.3) is 0 Å². The average Bonchev–Trinajstić information content (AvgIpc) is 2.72. The van der Waals surface area contributed by atoms with E-state index in [9.17, 15) is 13.2 Å². The summed E-state index contributed by atoms with van der Waals surface area (Å²) in [5, 5.41) is 0.222. The molecule has 0 saturated heterocycles. The minimum absolute atomic E-state index is 0.190. The Morgan fingerprint density at radius 2 is 1.95 bits per heavy atom. The van der Waals surface area contributed by atoms with Crippen molar-refractivity contribution in [2.75, 3.05) is 5.43 Å². The first-order chi connectivity index (χ1) is 8.86. The first-order valence-corrected chi connectivity index (χ1v) is 6.00. The van der Waals surface area contributed by atoms with Gasteiger partial charge in [-0.05, 0) is 37.6 Å². The fraction of sp³-hybridized carbons (Fsp3) is 0.231. The van der Waals surface area contributed by atoms with E-state index in [2.05, 4.69) is 10.9 Å². The van der Waals surface area contributed by atoms with E-state index in [-0.39, 0.29) is 10.7 Å². The smallest absolute Gasteiger partial charge is 0.301 e. The van der Waals surface area contributed by atoms with E-state index in [0.717, 1.165) is 24.3 Å². The quantitative estimate of drug-likeness (QED) is 0.800. The van der Waals surface area contributed by atoms with Crippen molar-refractivity contribution < 1.29 is 13.2 Å². The number of anilines is 1. The lowest BCUT2D eigenvalue weighted by atomic mass is 10.2. The second kappa shape index (κ2) is 5.17. The molecule has 0 unspecified atom stereocenters. The summed E-state index contributed by atoms with van der Waals surface area (Å²) < 4.78 is 37.7. The standard InChI is InChI=1S/C13H12ClF3N2/c1-8-2-4-10(6-8)18-19-12-7-9(13(15,16)17)3-5-11(12)14/h3-7,18-19H,2H2,1H3. The van der Waals surface area contributed by atoms with Gasteiger partial charge in [0.05, 0.1) is 22.0 Å². The molecule has 0 radical (unpaired) electrons. The minimum atomic E-state index is -4.38. The van der Waals surface area contributed by atoms with Gasteiger partial charge < -0.3 is 5.43 Å². The molecule has 0 bridgehead atoms. The molecule has 1 aliphatic rings. The topological polar surface area (TPSA) is 24.1 Å². The summed E-state index contributed by atoms with van der Waals surface area (Å²) in [4.78, 5) is 0. The highest BCUT2D eigenvalue weighted by atomic mass is 35.5. The van der Waals surface area contributed by atoms with E-state index < -0.39 is 11.7 Å². The van der Waals surface area contributed by atoms with Gasteiger partial charge >= 0.3 is 6.18 Å². The van der Waals surface area contributed by atoms with Crippen molar-refractivity contribution in [3.8, 4) is 0 Å². The first kappa shape index (κ1) is 13.8. The molecule has 1 aliphatic carbocycles. The summed E-state index contributed by atoms with van der Waals surface area (Å²) >= 11 is 5.86. The number of hydrogen-bond acceptors (Lipinski definition) is 2. The summed E-state index contributed by atoms with van der Waals surface area (Å²) in [6, 6.07) is 3.15. The Kier molecular flexibility index (Phi) is 3.75. The SMILES string of the molecule is CC1=CC(NNc2cc(C(F)(F)F)ccc2Cl)=CC1. The molecule has 0 heterocycles. The van der Waals surface area contributed by atoms with Crippen molar-refractivity contribution in [2.45, 2.75) is 19.5 Å². The van der Waals surface area contributed by atoms with Gasteiger partial charge in [0, 0.05) is 0 Å². The normalized spacial score (nSPS) is 15.0. The van der Waals surface area contributed by atoms with Crippen LogP contribution in [0.1, 0.15) is 18.9 Å². The van der Waals surface area contributed by atoms with Crippen molar-refractivity contribution >= 4 is 17.3 Å². The molecule has 19 heavy (non-hydrogen) atoms. The van der Waals surface area contributed by atoms with Gasteiger partial charge in [-0.1, -0.05) is 23.3 Å². The third kappa shape index (κ3) is 3.44. The average molecular weight is 289 g/mol. The first-order valence-electron chi connectivity index (χ1n) is 5.62. The Morgan fingerprint density at radius 3 is 2.53 bits per heavy atom. The number of benzene rings is 1. The Labute approximate surface area is 113 Å². The van der Waals surface area contributed by atoms with E-state index >= 15 is 0 Å². The van der Waals surface area contributed by atoms with Gasteiger partial charge in [-0.15, -0.1) is 0 Å². The molecule has 1 aromatic carbocycles. The monoisotopic (exact) mass is 288 g/mol. The molecule has 1 aromatic rings. The Hall–Kier alpha value is -1.62. The predicted molar refractivity (Wildman–Crippen MR) is 69.7 cm³/mol. The molecule has 0 aromatic heterocycles. The summed E-state index contributed by atoms with van der Waals surface area (Å²) in [5.41, 5.74) is 6.96. The molecule has 0 saturated carbocycles. The summed E-state index contributed by atoms with van der Waals surface area (Å²) in [6.45, 7) is 1.97. The van der Waals surface area contributed by atoms with E-state index in [1.807, 2.05) is 19.1 Å².